The molecule has 0 radical (unpaired) electrons. The van der Waals surface area contributed by atoms with Crippen molar-refractivity contribution in [3.05, 3.63) is 96.1 Å². The summed E-state index contributed by atoms with van der Waals surface area (Å²) >= 11 is 0. The average Bonchev–Trinajstić information content (AvgIpc) is 3.32. The maximum atomic E-state index is 12.7. The molecule has 36 heavy (non-hydrogen) atoms. The summed E-state index contributed by atoms with van der Waals surface area (Å²) in [5.74, 6) is -0.0115. The van der Waals surface area contributed by atoms with E-state index in [9.17, 15) is 4.79 Å². The van der Waals surface area contributed by atoms with Crippen LogP contribution in [0, 0.1) is 5.92 Å². The summed E-state index contributed by atoms with van der Waals surface area (Å²) in [6, 6.07) is 28.9. The van der Waals surface area contributed by atoms with Crippen LogP contribution >= 0.6 is 0 Å². The number of nitrogens with two attached hydrogens (primary N) is 1. The first-order chi connectivity index (χ1) is 17.6. The zero-order valence-electron chi connectivity index (χ0n) is 20.4. The van der Waals surface area contributed by atoms with Gasteiger partial charge < -0.3 is 20.4 Å². The predicted octanol–water partition coefficient (Wildman–Crippen LogP) is 4.69. The molecule has 1 aromatic heterocycles. The number of nitrogens with one attached hydrogen (secondary N) is 1. The van der Waals surface area contributed by atoms with Crippen molar-refractivity contribution in [1.29, 1.82) is 0 Å². The number of benzene rings is 3. The van der Waals surface area contributed by atoms with Crippen molar-refractivity contribution in [3.8, 4) is 0 Å². The van der Waals surface area contributed by atoms with Gasteiger partial charge in [-0.1, -0.05) is 72.8 Å². The Labute approximate surface area is 210 Å². The number of carbonyl (C=O) groups is 1. The van der Waals surface area contributed by atoms with Crippen LogP contribution in [0.1, 0.15) is 30.4 Å². The van der Waals surface area contributed by atoms with Crippen LogP contribution in [0.15, 0.2) is 89.3 Å². The molecule has 7 heteroatoms. The molecule has 6 rings (SSSR count). The quantitative estimate of drug-likeness (QED) is 0.432. The molecule has 0 saturated carbocycles. The second-order valence-corrected chi connectivity index (χ2v) is 9.92. The molecule has 4 aromatic rings. The average molecular weight is 482 g/mol. The smallest absolute Gasteiger partial charge is 0.314 e. The van der Waals surface area contributed by atoms with E-state index in [1.807, 2.05) is 36.4 Å². The minimum absolute atomic E-state index is 0.0115. The van der Waals surface area contributed by atoms with Crippen molar-refractivity contribution >= 4 is 23.1 Å². The second kappa shape index (κ2) is 8.68. The molecule has 3 heterocycles. The topological polar surface area (TPSA) is 87.6 Å². The van der Waals surface area contributed by atoms with Crippen LogP contribution in [0.3, 0.4) is 0 Å². The van der Waals surface area contributed by atoms with E-state index in [2.05, 4.69) is 70.7 Å². The van der Waals surface area contributed by atoms with Gasteiger partial charge in [-0.3, -0.25) is 4.90 Å². The Balaban J connectivity index is 1.56. The summed E-state index contributed by atoms with van der Waals surface area (Å²) in [6.07, 6.45) is 2.69. The number of aromatic nitrogens is 1. The largest absolute Gasteiger partial charge is 0.423 e. The van der Waals surface area contributed by atoms with E-state index in [4.69, 9.17) is 15.1 Å². The maximum Gasteiger partial charge on any atom is 0.314 e. The Morgan fingerprint density at radius 2 is 1.61 bits per heavy atom. The summed E-state index contributed by atoms with van der Waals surface area (Å²) in [7, 11) is 2.15. The minimum atomic E-state index is -0.775. The molecule has 7 nitrogen and oxygen atoms in total. The lowest BCUT2D eigenvalue weighted by Crippen LogP contribution is -2.79. The summed E-state index contributed by atoms with van der Waals surface area (Å²) in [5, 5.41) is 3.24. The van der Waals surface area contributed by atoms with Gasteiger partial charge in [0.15, 0.2) is 5.58 Å². The van der Waals surface area contributed by atoms with Crippen molar-refractivity contribution in [2.45, 2.75) is 30.5 Å². The fraction of sp³-hybridized carbons (Fsp3) is 0.310. The van der Waals surface area contributed by atoms with Crippen LogP contribution in [0.2, 0.25) is 0 Å². The Morgan fingerprint density at radius 1 is 0.972 bits per heavy atom. The third-order valence-corrected chi connectivity index (χ3v) is 8.09. The van der Waals surface area contributed by atoms with Crippen LogP contribution in [-0.2, 0) is 5.54 Å². The number of amides is 2. The number of hydrogen-bond donors (Lipinski definition) is 2. The van der Waals surface area contributed by atoms with Crippen molar-refractivity contribution in [2.75, 3.05) is 25.0 Å². The second-order valence-electron chi connectivity index (χ2n) is 9.92. The van der Waals surface area contributed by atoms with Gasteiger partial charge in [-0.25, -0.2) is 4.79 Å². The van der Waals surface area contributed by atoms with Crippen LogP contribution in [0.25, 0.3) is 11.1 Å². The van der Waals surface area contributed by atoms with Crippen molar-refractivity contribution in [1.82, 2.24) is 15.2 Å². The molecule has 3 N–H and O–H groups in total. The highest BCUT2D eigenvalue weighted by atomic mass is 16.4. The number of piperidine rings is 1. The van der Waals surface area contributed by atoms with Gasteiger partial charge in [-0.15, -0.1) is 0 Å². The highest BCUT2D eigenvalue weighted by Crippen LogP contribution is 2.56. The molecule has 3 aromatic carbocycles. The number of oxazole rings is 1. The number of para-hydroxylation sites is 2. The molecule has 0 spiro atoms. The molecule has 0 aliphatic carbocycles. The van der Waals surface area contributed by atoms with Gasteiger partial charge in [0, 0.05) is 19.0 Å². The Morgan fingerprint density at radius 3 is 2.22 bits per heavy atom. The van der Waals surface area contributed by atoms with Gasteiger partial charge in [-0.2, -0.15) is 4.98 Å². The molecular formula is C29H31N5O2. The minimum Gasteiger partial charge on any atom is -0.423 e. The fourth-order valence-corrected chi connectivity index (χ4v) is 6.63. The summed E-state index contributed by atoms with van der Waals surface area (Å²) < 4.78 is 6.28. The number of likely N-dealkylation sites (tertiary alicyclic amines) is 1. The zero-order valence-corrected chi connectivity index (χ0v) is 20.4. The van der Waals surface area contributed by atoms with E-state index >= 15 is 0 Å². The van der Waals surface area contributed by atoms with E-state index in [1.165, 1.54) is 11.1 Å². The van der Waals surface area contributed by atoms with E-state index < -0.39 is 17.2 Å². The molecule has 2 atom stereocenters. The first-order valence-electron chi connectivity index (χ1n) is 12.6. The Hall–Kier alpha value is -3.84. The predicted molar refractivity (Wildman–Crippen MR) is 140 cm³/mol. The van der Waals surface area contributed by atoms with Crippen molar-refractivity contribution in [2.24, 2.45) is 11.7 Å². The molecule has 2 amide bonds. The lowest BCUT2D eigenvalue weighted by molar-refractivity contribution is -0.0925. The number of anilines is 1. The van der Waals surface area contributed by atoms with Gasteiger partial charge >= 0.3 is 6.03 Å². The fourth-order valence-electron chi connectivity index (χ4n) is 6.63. The molecule has 184 valence electrons. The van der Waals surface area contributed by atoms with Crippen LogP contribution in [-0.4, -0.2) is 41.7 Å². The third-order valence-electron chi connectivity index (χ3n) is 8.09. The highest BCUT2D eigenvalue weighted by Gasteiger charge is 2.65. The number of primary amides is 1. The van der Waals surface area contributed by atoms with Gasteiger partial charge in [0.1, 0.15) is 11.2 Å². The number of rotatable bonds is 5. The number of nitrogens with zero attached hydrogens (tertiary/aromatic N) is 3. The SMILES string of the molecule is CN1CC(C2(NC(N)=O)CCCCN2c2nc3ccccc3o2)C1(c1ccccc1)c1ccccc1. The third kappa shape index (κ3) is 3.30. The standard InChI is InChI=1S/C29H31N5O2/c1-33-20-25(29(33,21-12-4-2-5-13-21)22-14-6-3-7-15-22)28(32-26(30)35)18-10-11-19-34(28)27-31-23-16-8-9-17-24(23)36-27/h2-9,12-17,25H,10-11,18-20H2,1H3,(H3,30,32,35). The normalized spacial score (nSPS) is 23.8. The monoisotopic (exact) mass is 481 g/mol. The van der Waals surface area contributed by atoms with Gasteiger partial charge in [-0.05, 0) is 49.6 Å². The molecule has 2 aliphatic heterocycles. The summed E-state index contributed by atoms with van der Waals surface area (Å²) in [4.78, 5) is 22.0. The summed E-state index contributed by atoms with van der Waals surface area (Å²) in [6.45, 7) is 1.49. The summed E-state index contributed by atoms with van der Waals surface area (Å²) in [5.41, 5.74) is 8.56. The number of fused-ring (bicyclic) bond motifs is 1. The number of carbonyl (C=O) groups excluding carboxylic acids is 1. The van der Waals surface area contributed by atoms with Gasteiger partial charge in [0.25, 0.3) is 6.01 Å². The molecule has 2 saturated heterocycles. The Kier molecular flexibility index (Phi) is 5.45. The van der Waals surface area contributed by atoms with Crippen LogP contribution in [0.4, 0.5) is 10.8 Å². The van der Waals surface area contributed by atoms with Crippen molar-refractivity contribution < 1.29 is 9.21 Å². The van der Waals surface area contributed by atoms with E-state index in [0.717, 1.165) is 36.9 Å². The maximum absolute atomic E-state index is 12.7. The zero-order chi connectivity index (χ0) is 24.8. The van der Waals surface area contributed by atoms with E-state index in [0.29, 0.717) is 12.6 Å². The van der Waals surface area contributed by atoms with Crippen LogP contribution in [0.5, 0.6) is 0 Å². The number of urea groups is 1. The lowest BCUT2D eigenvalue weighted by atomic mass is 9.59. The van der Waals surface area contributed by atoms with E-state index in [-0.39, 0.29) is 5.92 Å². The van der Waals surface area contributed by atoms with Gasteiger partial charge in [0.2, 0.25) is 0 Å². The lowest BCUT2D eigenvalue weighted by Gasteiger charge is -2.66. The molecule has 2 unspecified atom stereocenters. The molecule has 0 bridgehead atoms. The van der Waals surface area contributed by atoms with E-state index in [1.54, 1.807) is 0 Å². The van der Waals surface area contributed by atoms with Crippen molar-refractivity contribution in [3.63, 3.8) is 0 Å². The molecular weight excluding hydrogens is 450 g/mol. The van der Waals surface area contributed by atoms with Gasteiger partial charge in [0.05, 0.1) is 5.54 Å². The number of hydrogen-bond acceptors (Lipinski definition) is 5. The Bertz CT molecular complexity index is 1300. The first kappa shape index (κ1) is 22.6. The molecule has 2 fully saturated rings. The van der Waals surface area contributed by atoms with Crippen LogP contribution < -0.4 is 16.0 Å². The first-order valence-corrected chi connectivity index (χ1v) is 12.6. The highest BCUT2D eigenvalue weighted by molar-refractivity contribution is 5.76. The molecule has 2 aliphatic rings.